The topological polar surface area (TPSA) is 71.5 Å². The number of amides is 1. The highest BCUT2D eigenvalue weighted by molar-refractivity contribution is 5.93. The second-order valence-electron chi connectivity index (χ2n) is 4.63. The van der Waals surface area contributed by atoms with Crippen LogP contribution >= 0.6 is 0 Å². The molecule has 5 nitrogen and oxygen atoms in total. The first kappa shape index (κ1) is 18.1. The molecule has 0 bridgehead atoms. The van der Waals surface area contributed by atoms with Crippen molar-refractivity contribution in [3.8, 4) is 5.88 Å². The maximum Gasteiger partial charge on any atom is 0.340 e. The fourth-order valence-electron chi connectivity index (χ4n) is 1.33. The molecule has 2 N–H and O–H groups in total. The normalized spacial score (nSPS) is 13.0. The Morgan fingerprint density at radius 3 is 2.64 bits per heavy atom. The van der Waals surface area contributed by atoms with E-state index in [1.807, 2.05) is 0 Å². The summed E-state index contributed by atoms with van der Waals surface area (Å²) in [5, 5.41) is 11.6. The van der Waals surface area contributed by atoms with Crippen molar-refractivity contribution in [3.63, 3.8) is 0 Å². The predicted octanol–water partition coefficient (Wildman–Crippen LogP) is 1.86. The Balaban J connectivity index is 2.51. The molecular weight excluding hydrogens is 308 g/mol. The van der Waals surface area contributed by atoms with Gasteiger partial charge in [0, 0.05) is 18.8 Å². The van der Waals surface area contributed by atoms with Gasteiger partial charge in [0.1, 0.15) is 0 Å². The van der Waals surface area contributed by atoms with Gasteiger partial charge in [0.15, 0.2) is 6.61 Å². The number of carbonyl (C=O) groups excluding carboxylic acids is 1. The van der Waals surface area contributed by atoms with E-state index in [9.17, 15) is 22.4 Å². The van der Waals surface area contributed by atoms with Gasteiger partial charge >= 0.3 is 12.3 Å². The SMILES string of the molecule is CC(O)CCNC(=O)c1ccc(OCC(F)(F)C(F)F)nc1. The fourth-order valence-corrected chi connectivity index (χ4v) is 1.33. The smallest absolute Gasteiger partial charge is 0.340 e. The Bertz CT molecular complexity index is 481. The Kier molecular flexibility index (Phi) is 6.54. The largest absolute Gasteiger partial charge is 0.471 e. The maximum atomic E-state index is 12.7. The quantitative estimate of drug-likeness (QED) is 0.716. The second kappa shape index (κ2) is 7.92. The number of aliphatic hydroxyl groups is 1. The Hall–Kier alpha value is -1.90. The van der Waals surface area contributed by atoms with Crippen LogP contribution in [0.5, 0.6) is 5.88 Å². The average molecular weight is 324 g/mol. The number of pyridine rings is 1. The number of aromatic nitrogens is 1. The van der Waals surface area contributed by atoms with Crippen LogP contribution in [-0.2, 0) is 0 Å². The number of alkyl halides is 4. The van der Waals surface area contributed by atoms with E-state index >= 15 is 0 Å². The summed E-state index contributed by atoms with van der Waals surface area (Å²) in [7, 11) is 0. The number of hydrogen-bond donors (Lipinski definition) is 2. The lowest BCUT2D eigenvalue weighted by Gasteiger charge is -2.15. The number of halogens is 4. The molecule has 0 fully saturated rings. The van der Waals surface area contributed by atoms with Gasteiger partial charge < -0.3 is 15.2 Å². The van der Waals surface area contributed by atoms with Crippen molar-refractivity contribution >= 4 is 5.91 Å². The molecule has 0 aromatic carbocycles. The van der Waals surface area contributed by atoms with Crippen LogP contribution in [0.25, 0.3) is 0 Å². The van der Waals surface area contributed by atoms with Crippen LogP contribution in [0.2, 0.25) is 0 Å². The molecule has 1 rings (SSSR count). The van der Waals surface area contributed by atoms with Gasteiger partial charge in [-0.2, -0.15) is 8.78 Å². The number of ether oxygens (including phenoxy) is 1. The van der Waals surface area contributed by atoms with Crippen LogP contribution < -0.4 is 10.1 Å². The first-order valence-corrected chi connectivity index (χ1v) is 6.43. The Morgan fingerprint density at radius 2 is 2.14 bits per heavy atom. The first-order chi connectivity index (χ1) is 10.2. The highest BCUT2D eigenvalue weighted by Crippen LogP contribution is 2.23. The van der Waals surface area contributed by atoms with Gasteiger partial charge in [-0.3, -0.25) is 4.79 Å². The van der Waals surface area contributed by atoms with E-state index in [1.54, 1.807) is 6.92 Å². The number of hydrogen-bond acceptors (Lipinski definition) is 4. The number of nitrogens with zero attached hydrogens (tertiary/aromatic N) is 1. The summed E-state index contributed by atoms with van der Waals surface area (Å²) in [6, 6.07) is 2.39. The lowest BCUT2D eigenvalue weighted by molar-refractivity contribution is -0.148. The zero-order valence-corrected chi connectivity index (χ0v) is 11.7. The van der Waals surface area contributed by atoms with Crippen molar-refractivity contribution in [2.24, 2.45) is 0 Å². The van der Waals surface area contributed by atoms with Gasteiger partial charge in [-0.05, 0) is 19.4 Å². The first-order valence-electron chi connectivity index (χ1n) is 6.43. The van der Waals surface area contributed by atoms with Crippen molar-refractivity contribution in [2.45, 2.75) is 31.8 Å². The molecule has 1 aromatic heterocycles. The van der Waals surface area contributed by atoms with Gasteiger partial charge in [0.05, 0.1) is 11.7 Å². The van der Waals surface area contributed by atoms with E-state index in [-0.39, 0.29) is 18.0 Å². The summed E-state index contributed by atoms with van der Waals surface area (Å²) in [4.78, 5) is 15.2. The minimum atomic E-state index is -4.27. The Labute approximate surface area is 124 Å². The van der Waals surface area contributed by atoms with E-state index in [0.29, 0.717) is 6.42 Å². The van der Waals surface area contributed by atoms with Crippen LogP contribution in [-0.4, -0.2) is 47.6 Å². The van der Waals surface area contributed by atoms with Crippen molar-refractivity contribution in [1.82, 2.24) is 10.3 Å². The van der Waals surface area contributed by atoms with Gasteiger partial charge in [-0.15, -0.1) is 0 Å². The third-order valence-corrected chi connectivity index (χ3v) is 2.58. The molecule has 0 spiro atoms. The van der Waals surface area contributed by atoms with Crippen LogP contribution in [0.15, 0.2) is 18.3 Å². The van der Waals surface area contributed by atoms with E-state index in [4.69, 9.17) is 5.11 Å². The van der Waals surface area contributed by atoms with Crippen molar-refractivity contribution in [1.29, 1.82) is 0 Å². The highest BCUT2D eigenvalue weighted by atomic mass is 19.3. The van der Waals surface area contributed by atoms with Crippen LogP contribution in [0.3, 0.4) is 0 Å². The van der Waals surface area contributed by atoms with Crippen LogP contribution in [0.1, 0.15) is 23.7 Å². The van der Waals surface area contributed by atoms with Crippen molar-refractivity contribution in [2.75, 3.05) is 13.2 Å². The molecular formula is C13H16F4N2O3. The lowest BCUT2D eigenvalue weighted by atomic mass is 10.2. The summed E-state index contributed by atoms with van der Waals surface area (Å²) in [5.41, 5.74) is 0.151. The minimum absolute atomic E-state index is 0.151. The maximum absolute atomic E-state index is 12.7. The summed E-state index contributed by atoms with van der Waals surface area (Å²) in [6.45, 7) is 0.335. The summed E-state index contributed by atoms with van der Waals surface area (Å²) >= 11 is 0. The third-order valence-electron chi connectivity index (χ3n) is 2.58. The highest BCUT2D eigenvalue weighted by Gasteiger charge is 2.41. The van der Waals surface area contributed by atoms with Crippen molar-refractivity contribution < 1.29 is 32.2 Å². The number of rotatable bonds is 8. The molecule has 1 amide bonds. The molecule has 124 valence electrons. The van der Waals surface area contributed by atoms with E-state index in [1.165, 1.54) is 6.07 Å². The van der Waals surface area contributed by atoms with Gasteiger partial charge in [-0.1, -0.05) is 0 Å². The van der Waals surface area contributed by atoms with E-state index < -0.39 is 31.0 Å². The molecule has 1 atom stereocenters. The molecule has 0 aliphatic heterocycles. The van der Waals surface area contributed by atoms with Crippen LogP contribution in [0.4, 0.5) is 17.6 Å². The molecule has 0 radical (unpaired) electrons. The number of carbonyl (C=O) groups is 1. The molecule has 1 heterocycles. The second-order valence-corrected chi connectivity index (χ2v) is 4.63. The standard InChI is InChI=1S/C13H16F4N2O3/c1-8(20)4-5-18-11(21)9-2-3-10(19-6-9)22-7-13(16,17)12(14)15/h2-3,6,8,12,20H,4-5,7H2,1H3,(H,18,21). The summed E-state index contributed by atoms with van der Waals surface area (Å²) in [6.07, 6.45) is -2.92. The molecule has 22 heavy (non-hydrogen) atoms. The molecule has 0 aliphatic carbocycles. The molecule has 9 heteroatoms. The predicted molar refractivity (Wildman–Crippen MR) is 69.3 cm³/mol. The molecule has 0 saturated carbocycles. The molecule has 1 aromatic rings. The van der Waals surface area contributed by atoms with Gasteiger partial charge in [0.2, 0.25) is 5.88 Å². The number of aliphatic hydroxyl groups excluding tert-OH is 1. The zero-order valence-electron chi connectivity index (χ0n) is 11.7. The zero-order chi connectivity index (χ0) is 16.8. The fraction of sp³-hybridized carbons (Fsp3) is 0.538. The summed E-state index contributed by atoms with van der Waals surface area (Å²) < 4.78 is 53.7. The summed E-state index contributed by atoms with van der Waals surface area (Å²) in [5.74, 6) is -5.02. The minimum Gasteiger partial charge on any atom is -0.471 e. The van der Waals surface area contributed by atoms with E-state index in [0.717, 1.165) is 12.3 Å². The lowest BCUT2D eigenvalue weighted by Crippen LogP contribution is -2.33. The monoisotopic (exact) mass is 324 g/mol. The number of nitrogens with one attached hydrogen (secondary N) is 1. The Morgan fingerprint density at radius 1 is 1.45 bits per heavy atom. The van der Waals surface area contributed by atoms with E-state index in [2.05, 4.69) is 15.0 Å². The molecule has 0 aliphatic rings. The molecule has 1 unspecified atom stereocenters. The van der Waals surface area contributed by atoms with Crippen LogP contribution in [0, 0.1) is 0 Å². The van der Waals surface area contributed by atoms with Crippen molar-refractivity contribution in [3.05, 3.63) is 23.9 Å². The third kappa shape index (κ3) is 5.84. The average Bonchev–Trinajstić information content (AvgIpc) is 2.45. The molecule has 0 saturated heterocycles. The van der Waals surface area contributed by atoms with Gasteiger partial charge in [0.25, 0.3) is 5.91 Å². The van der Waals surface area contributed by atoms with Gasteiger partial charge in [-0.25, -0.2) is 13.8 Å².